The third kappa shape index (κ3) is 4.44. The highest BCUT2D eigenvalue weighted by Crippen LogP contribution is 2.27. The minimum absolute atomic E-state index is 0.0618. The van der Waals surface area contributed by atoms with Crippen LogP contribution in [0.25, 0.3) is 16.9 Å². The largest absolute Gasteiger partial charge is 0.322 e. The van der Waals surface area contributed by atoms with Crippen LogP contribution in [0.4, 0.5) is 14.5 Å². The zero-order valence-corrected chi connectivity index (χ0v) is 19.2. The Kier molecular flexibility index (Phi) is 5.89. The number of amides is 1. The summed E-state index contributed by atoms with van der Waals surface area (Å²) in [6, 6.07) is 17.6. The zero-order valence-electron chi connectivity index (χ0n) is 17.6. The molecule has 0 saturated carbocycles. The monoisotopic (exact) mass is 522 g/mol. The van der Waals surface area contributed by atoms with E-state index in [2.05, 4.69) is 36.4 Å². The van der Waals surface area contributed by atoms with Crippen LogP contribution in [0.15, 0.2) is 83.7 Å². The Morgan fingerprint density at radius 2 is 1.85 bits per heavy atom. The maximum absolute atomic E-state index is 13.8. The van der Waals surface area contributed by atoms with Gasteiger partial charge >= 0.3 is 0 Å². The van der Waals surface area contributed by atoms with E-state index in [9.17, 15) is 13.6 Å². The summed E-state index contributed by atoms with van der Waals surface area (Å²) in [7, 11) is 0. The molecule has 1 amide bonds. The van der Waals surface area contributed by atoms with Gasteiger partial charge in [-0.25, -0.2) is 18.3 Å². The van der Waals surface area contributed by atoms with Crippen molar-refractivity contribution in [1.29, 1.82) is 0 Å². The van der Waals surface area contributed by atoms with E-state index >= 15 is 0 Å². The van der Waals surface area contributed by atoms with Crippen LogP contribution in [0.2, 0.25) is 0 Å². The molecule has 1 N–H and O–H groups in total. The lowest BCUT2D eigenvalue weighted by atomic mass is 10.1. The highest BCUT2D eigenvalue weighted by Gasteiger charge is 2.21. The van der Waals surface area contributed by atoms with E-state index in [4.69, 9.17) is 0 Å². The van der Waals surface area contributed by atoms with Crippen LogP contribution in [0.1, 0.15) is 28.0 Å². The number of halogens is 3. The quantitative estimate of drug-likeness (QED) is 0.315. The minimum Gasteiger partial charge on any atom is -0.322 e. The van der Waals surface area contributed by atoms with Crippen molar-refractivity contribution in [1.82, 2.24) is 24.4 Å². The number of rotatable bonds is 6. The summed E-state index contributed by atoms with van der Waals surface area (Å²) >= 11 is 3.37. The number of hydrogen-bond acceptors (Lipinski definition) is 4. The molecule has 0 fully saturated rings. The van der Waals surface area contributed by atoms with Gasteiger partial charge in [0.2, 0.25) is 0 Å². The fraction of sp³-hybridized carbons (Fsp3) is 0.0833. The first-order chi connectivity index (χ1) is 16.5. The average molecular weight is 523 g/mol. The number of alkyl halides is 2. The van der Waals surface area contributed by atoms with Crippen LogP contribution >= 0.6 is 15.9 Å². The smallest absolute Gasteiger partial charge is 0.280 e. The van der Waals surface area contributed by atoms with Gasteiger partial charge in [0.15, 0.2) is 5.65 Å². The molecule has 34 heavy (non-hydrogen) atoms. The van der Waals surface area contributed by atoms with Gasteiger partial charge in [0, 0.05) is 17.4 Å². The molecule has 5 rings (SSSR count). The Bertz CT molecular complexity index is 1480. The first kappa shape index (κ1) is 21.9. The molecule has 0 aliphatic carbocycles. The average Bonchev–Trinajstić information content (AvgIpc) is 3.45. The van der Waals surface area contributed by atoms with Crippen LogP contribution in [0.5, 0.6) is 0 Å². The van der Waals surface area contributed by atoms with Gasteiger partial charge in [-0.3, -0.25) is 9.48 Å². The van der Waals surface area contributed by atoms with Crippen LogP contribution in [0, 0.1) is 0 Å². The normalized spacial score (nSPS) is 11.3. The number of fused-ring (bicyclic) bond motifs is 1. The van der Waals surface area contributed by atoms with Gasteiger partial charge < -0.3 is 5.32 Å². The van der Waals surface area contributed by atoms with Crippen molar-refractivity contribution < 1.29 is 13.6 Å². The molecule has 0 aliphatic heterocycles. The van der Waals surface area contributed by atoms with Crippen LogP contribution < -0.4 is 5.32 Å². The predicted molar refractivity (Wildman–Crippen MR) is 127 cm³/mol. The lowest BCUT2D eigenvalue weighted by Crippen LogP contribution is -2.13. The van der Waals surface area contributed by atoms with Gasteiger partial charge in [0.05, 0.1) is 29.1 Å². The highest BCUT2D eigenvalue weighted by molar-refractivity contribution is 9.10. The maximum Gasteiger partial charge on any atom is 0.280 e. The number of nitrogens with one attached hydrogen (secondary N) is 1. The van der Waals surface area contributed by atoms with Crippen molar-refractivity contribution in [2.45, 2.75) is 13.0 Å². The fourth-order valence-corrected chi connectivity index (χ4v) is 3.94. The van der Waals surface area contributed by atoms with Crippen LogP contribution in [0.3, 0.4) is 0 Å². The van der Waals surface area contributed by atoms with Crippen molar-refractivity contribution in [2.75, 3.05) is 5.32 Å². The molecule has 2 aromatic carbocycles. The van der Waals surface area contributed by atoms with Crippen molar-refractivity contribution in [3.8, 4) is 11.3 Å². The maximum atomic E-state index is 13.8. The first-order valence-corrected chi connectivity index (χ1v) is 11.1. The lowest BCUT2D eigenvalue weighted by molar-refractivity contribution is 0.102. The molecular formula is C24H17BrF2N6O. The van der Waals surface area contributed by atoms with Gasteiger partial charge in [-0.15, -0.1) is 0 Å². The van der Waals surface area contributed by atoms with E-state index < -0.39 is 12.3 Å². The summed E-state index contributed by atoms with van der Waals surface area (Å²) in [5.74, 6) is -0.494. The summed E-state index contributed by atoms with van der Waals surface area (Å²) in [5, 5.41) is 11.1. The van der Waals surface area contributed by atoms with E-state index in [0.717, 1.165) is 14.6 Å². The SMILES string of the molecule is O=C(Nc1cccc(Cn2cc(Br)cn2)c1)c1cnn2c(C(F)F)cc(-c3ccccc3)nc12. The number of aromatic nitrogens is 5. The van der Waals surface area contributed by atoms with E-state index in [0.29, 0.717) is 23.5 Å². The van der Waals surface area contributed by atoms with Gasteiger partial charge in [0.25, 0.3) is 12.3 Å². The Morgan fingerprint density at radius 1 is 1.03 bits per heavy atom. The Labute approximate surface area is 201 Å². The number of benzene rings is 2. The topological polar surface area (TPSA) is 77.1 Å². The van der Waals surface area contributed by atoms with E-state index in [1.54, 1.807) is 41.2 Å². The van der Waals surface area contributed by atoms with Crippen molar-refractivity contribution in [2.24, 2.45) is 0 Å². The van der Waals surface area contributed by atoms with Crippen LogP contribution in [-0.4, -0.2) is 30.3 Å². The Morgan fingerprint density at radius 3 is 2.59 bits per heavy atom. The Hall–Kier alpha value is -3.92. The molecule has 10 heteroatoms. The molecule has 0 saturated heterocycles. The number of anilines is 1. The summed E-state index contributed by atoms with van der Waals surface area (Å²) in [6.45, 7) is 0.520. The van der Waals surface area contributed by atoms with Crippen molar-refractivity contribution in [3.05, 3.63) is 101 Å². The molecule has 0 radical (unpaired) electrons. The van der Waals surface area contributed by atoms with Crippen LogP contribution in [-0.2, 0) is 6.54 Å². The first-order valence-electron chi connectivity index (χ1n) is 10.3. The van der Waals surface area contributed by atoms with Gasteiger partial charge in [-0.05, 0) is 39.7 Å². The van der Waals surface area contributed by atoms with Gasteiger partial charge in [0.1, 0.15) is 11.3 Å². The molecule has 0 bridgehead atoms. The molecule has 0 unspecified atom stereocenters. The summed E-state index contributed by atoms with van der Waals surface area (Å²) in [6.07, 6.45) is 2.01. The molecule has 3 heterocycles. The third-order valence-corrected chi connectivity index (χ3v) is 5.58. The second-order valence-electron chi connectivity index (χ2n) is 7.54. The molecule has 170 valence electrons. The molecule has 0 spiro atoms. The van der Waals surface area contributed by atoms with Gasteiger partial charge in [-0.2, -0.15) is 10.2 Å². The second-order valence-corrected chi connectivity index (χ2v) is 8.45. The summed E-state index contributed by atoms with van der Waals surface area (Å²) in [5.41, 5.74) is 2.31. The second kappa shape index (κ2) is 9.14. The summed E-state index contributed by atoms with van der Waals surface area (Å²) < 4.78 is 31.2. The lowest BCUT2D eigenvalue weighted by Gasteiger charge is -2.09. The minimum atomic E-state index is -2.79. The zero-order chi connectivity index (χ0) is 23.7. The highest BCUT2D eigenvalue weighted by atomic mass is 79.9. The number of hydrogen-bond donors (Lipinski definition) is 1. The molecular weight excluding hydrogens is 506 g/mol. The molecule has 0 atom stereocenters. The number of carbonyl (C=O) groups excluding carboxylic acids is 1. The number of nitrogens with zero attached hydrogens (tertiary/aromatic N) is 5. The molecule has 5 aromatic rings. The van der Waals surface area contributed by atoms with E-state index in [1.165, 1.54) is 12.3 Å². The molecule has 3 aromatic heterocycles. The fourth-order valence-electron chi connectivity index (χ4n) is 3.62. The molecule has 7 nitrogen and oxygen atoms in total. The third-order valence-electron chi connectivity index (χ3n) is 5.17. The van der Waals surface area contributed by atoms with Gasteiger partial charge in [-0.1, -0.05) is 42.5 Å². The predicted octanol–water partition coefficient (Wildman–Crippen LogP) is 5.59. The van der Waals surface area contributed by atoms with E-state index in [-0.39, 0.29) is 16.9 Å². The van der Waals surface area contributed by atoms with Crippen molar-refractivity contribution >= 4 is 33.2 Å². The number of carbonyl (C=O) groups is 1. The van der Waals surface area contributed by atoms with E-state index in [1.807, 2.05) is 30.5 Å². The standard InChI is InChI=1S/C24H17BrF2N6O/c25-17-11-28-32(14-17)13-15-5-4-8-18(9-15)30-24(34)19-12-29-33-21(22(26)27)10-20(31-23(19)33)16-6-2-1-3-7-16/h1-12,14,22H,13H2,(H,30,34). The Balaban J connectivity index is 1.47. The summed E-state index contributed by atoms with van der Waals surface area (Å²) in [4.78, 5) is 17.6. The van der Waals surface area contributed by atoms with Crippen molar-refractivity contribution in [3.63, 3.8) is 0 Å². The molecule has 0 aliphatic rings.